The molecule has 0 bridgehead atoms. The van der Waals surface area contributed by atoms with Crippen LogP contribution in [0, 0.1) is 12.7 Å². The Morgan fingerprint density at radius 3 is 2.81 bits per heavy atom. The molecule has 3 N–H and O–H groups in total. The number of fused-ring (bicyclic) bond motifs is 1. The van der Waals surface area contributed by atoms with Crippen molar-refractivity contribution in [3.05, 3.63) is 40.8 Å². The zero-order valence-electron chi connectivity index (χ0n) is 20.6. The van der Waals surface area contributed by atoms with Crippen LogP contribution in [0.1, 0.15) is 53.8 Å². The molecule has 1 aliphatic heterocycles. The average molecular weight is 514 g/mol. The maximum absolute atomic E-state index is 14.1. The number of aliphatic hydroxyl groups excluding tert-OH is 1. The number of piperidine rings is 1. The van der Waals surface area contributed by atoms with Gasteiger partial charge >= 0.3 is 0 Å². The minimum atomic E-state index is -0.403. The molecule has 0 unspecified atom stereocenters. The number of ether oxygens (including phenoxy) is 1. The Hall–Kier alpha value is -2.82. The highest BCUT2D eigenvalue weighted by Gasteiger charge is 2.25. The number of aliphatic hydroxyl groups is 1. The molecule has 2 aromatic heterocycles. The van der Waals surface area contributed by atoms with Gasteiger partial charge in [-0.3, -0.25) is 4.79 Å². The molecule has 3 aromatic rings. The van der Waals surface area contributed by atoms with Gasteiger partial charge in [0, 0.05) is 18.5 Å². The highest BCUT2D eigenvalue weighted by atomic mass is 32.1. The van der Waals surface area contributed by atoms with Crippen molar-refractivity contribution in [1.82, 2.24) is 20.2 Å². The van der Waals surface area contributed by atoms with Gasteiger partial charge in [0.1, 0.15) is 34.6 Å². The Kier molecular flexibility index (Phi) is 7.36. The molecule has 1 aliphatic carbocycles. The van der Waals surface area contributed by atoms with Crippen LogP contribution in [0.3, 0.4) is 0 Å². The number of hydrogen-bond donors (Lipinski definition) is 3. The molecule has 1 saturated carbocycles. The summed E-state index contributed by atoms with van der Waals surface area (Å²) >= 11 is 1.35. The van der Waals surface area contributed by atoms with Gasteiger partial charge in [0.2, 0.25) is 0 Å². The lowest BCUT2D eigenvalue weighted by atomic mass is 9.95. The van der Waals surface area contributed by atoms with Crippen LogP contribution in [0.2, 0.25) is 0 Å². The molecule has 3 heterocycles. The highest BCUT2D eigenvalue weighted by molar-refractivity contribution is 7.20. The van der Waals surface area contributed by atoms with Gasteiger partial charge in [-0.05, 0) is 76.9 Å². The van der Waals surface area contributed by atoms with Crippen LogP contribution in [-0.4, -0.2) is 64.3 Å². The third-order valence-corrected chi connectivity index (χ3v) is 8.27. The second-order valence-electron chi connectivity index (χ2n) is 9.84. The van der Waals surface area contributed by atoms with Crippen LogP contribution in [0.4, 0.5) is 15.9 Å². The Labute approximate surface area is 213 Å². The first kappa shape index (κ1) is 24.9. The molecule has 2 atom stereocenters. The van der Waals surface area contributed by atoms with E-state index in [2.05, 4.69) is 32.5 Å². The predicted octanol–water partition coefficient (Wildman–Crippen LogP) is 4.39. The molecule has 5 rings (SSSR count). The summed E-state index contributed by atoms with van der Waals surface area (Å²) in [5, 5.41) is 17.2. The van der Waals surface area contributed by atoms with Gasteiger partial charge in [-0.25, -0.2) is 14.4 Å². The van der Waals surface area contributed by atoms with Crippen molar-refractivity contribution in [2.75, 3.05) is 25.5 Å². The molecular formula is C26H32FN5O3S. The third kappa shape index (κ3) is 5.45. The number of carbonyl (C=O) groups excluding carboxylic acids is 1. The maximum atomic E-state index is 14.1. The zero-order valence-corrected chi connectivity index (χ0v) is 21.4. The molecule has 0 spiro atoms. The number of nitrogens with one attached hydrogen (secondary N) is 2. The molecule has 8 nitrogen and oxygen atoms in total. The Bertz CT molecular complexity index is 1240. The third-order valence-electron chi connectivity index (χ3n) is 7.08. The quantitative estimate of drug-likeness (QED) is 0.450. The number of halogens is 1. The first-order valence-electron chi connectivity index (χ1n) is 12.5. The normalized spacial score (nSPS) is 21.4. The van der Waals surface area contributed by atoms with E-state index in [0.29, 0.717) is 33.4 Å². The fourth-order valence-electron chi connectivity index (χ4n) is 5.02. The molecule has 192 valence electrons. The molecule has 2 aliphatic rings. The molecular weight excluding hydrogens is 481 g/mol. The van der Waals surface area contributed by atoms with Crippen LogP contribution in [0.25, 0.3) is 10.2 Å². The van der Waals surface area contributed by atoms with Crippen LogP contribution in [0.15, 0.2) is 24.5 Å². The van der Waals surface area contributed by atoms with E-state index < -0.39 is 11.9 Å². The Morgan fingerprint density at radius 2 is 2.03 bits per heavy atom. The van der Waals surface area contributed by atoms with E-state index in [0.717, 1.165) is 56.1 Å². The van der Waals surface area contributed by atoms with Crippen LogP contribution in [0.5, 0.6) is 5.75 Å². The van der Waals surface area contributed by atoms with E-state index in [4.69, 9.17) is 4.74 Å². The lowest BCUT2D eigenvalue weighted by Crippen LogP contribution is -2.43. The van der Waals surface area contributed by atoms with Crippen molar-refractivity contribution >= 4 is 39.0 Å². The van der Waals surface area contributed by atoms with Crippen molar-refractivity contribution in [2.24, 2.45) is 0 Å². The van der Waals surface area contributed by atoms with Gasteiger partial charge in [0.05, 0.1) is 22.1 Å². The zero-order chi connectivity index (χ0) is 25.2. The standard InChI is InChI=1S/C26H32FN5O3S/c1-15-22-24(31-20-7-6-16(27)12-21(20)35-19-5-3-4-18(33)13-19)28-14-29-26(22)36-23(15)25(34)30-17-8-10-32(2)11-9-17/h6-7,12,14,17-19,33H,3-5,8-11,13H2,1-2H3,(H,30,34)(H,28,29,31)/t18-,19-/m0/s1. The molecule has 1 saturated heterocycles. The lowest BCUT2D eigenvalue weighted by molar-refractivity contribution is 0.0538. The monoisotopic (exact) mass is 513 g/mol. The summed E-state index contributed by atoms with van der Waals surface area (Å²) < 4.78 is 20.2. The highest BCUT2D eigenvalue weighted by Crippen LogP contribution is 2.37. The number of aryl methyl sites for hydroxylation is 1. The summed E-state index contributed by atoms with van der Waals surface area (Å²) in [5.41, 5.74) is 1.38. The molecule has 1 aromatic carbocycles. The van der Waals surface area contributed by atoms with Gasteiger partial charge in [0.15, 0.2) is 0 Å². The molecule has 1 amide bonds. The van der Waals surface area contributed by atoms with Crippen LogP contribution < -0.4 is 15.4 Å². The molecule has 10 heteroatoms. The number of thiophene rings is 1. The summed E-state index contributed by atoms with van der Waals surface area (Å²) in [7, 11) is 2.09. The summed E-state index contributed by atoms with van der Waals surface area (Å²) in [6, 6.07) is 4.50. The van der Waals surface area contributed by atoms with E-state index in [-0.39, 0.29) is 18.1 Å². The van der Waals surface area contributed by atoms with Crippen molar-refractivity contribution < 1.29 is 19.0 Å². The predicted molar refractivity (Wildman–Crippen MR) is 139 cm³/mol. The summed E-state index contributed by atoms with van der Waals surface area (Å²) in [4.78, 5) is 25.6. The van der Waals surface area contributed by atoms with Gasteiger partial charge in [0.25, 0.3) is 5.91 Å². The second kappa shape index (κ2) is 10.7. The molecule has 36 heavy (non-hydrogen) atoms. The van der Waals surface area contributed by atoms with Gasteiger partial charge < -0.3 is 25.4 Å². The van der Waals surface area contributed by atoms with E-state index in [1.807, 2.05) is 6.92 Å². The number of likely N-dealkylation sites (tertiary alicyclic amines) is 1. The Morgan fingerprint density at radius 1 is 1.22 bits per heavy atom. The summed E-state index contributed by atoms with van der Waals surface area (Å²) in [6.07, 6.45) is 5.71. The number of benzene rings is 1. The van der Waals surface area contributed by atoms with Crippen molar-refractivity contribution in [1.29, 1.82) is 0 Å². The summed E-state index contributed by atoms with van der Waals surface area (Å²) in [6.45, 7) is 3.85. The number of hydrogen-bond acceptors (Lipinski definition) is 8. The van der Waals surface area contributed by atoms with Crippen LogP contribution >= 0.6 is 11.3 Å². The number of amides is 1. The number of anilines is 2. The maximum Gasteiger partial charge on any atom is 0.261 e. The van der Waals surface area contributed by atoms with E-state index in [1.54, 1.807) is 6.07 Å². The molecule has 0 radical (unpaired) electrons. The van der Waals surface area contributed by atoms with Gasteiger partial charge in [-0.2, -0.15) is 0 Å². The van der Waals surface area contributed by atoms with Crippen molar-refractivity contribution in [3.8, 4) is 5.75 Å². The number of nitrogens with zero attached hydrogens (tertiary/aromatic N) is 3. The fourth-order valence-corrected chi connectivity index (χ4v) is 6.07. The minimum Gasteiger partial charge on any atom is -0.488 e. The topological polar surface area (TPSA) is 99.6 Å². The van der Waals surface area contributed by atoms with E-state index >= 15 is 0 Å². The number of carbonyl (C=O) groups is 1. The number of aromatic nitrogens is 2. The fraction of sp³-hybridized carbons (Fsp3) is 0.500. The Balaban J connectivity index is 1.39. The first-order valence-corrected chi connectivity index (χ1v) is 13.3. The average Bonchev–Trinajstić information content (AvgIpc) is 3.20. The largest absolute Gasteiger partial charge is 0.488 e. The second-order valence-corrected chi connectivity index (χ2v) is 10.8. The summed E-state index contributed by atoms with van der Waals surface area (Å²) in [5.74, 6) is 0.415. The van der Waals surface area contributed by atoms with Crippen molar-refractivity contribution in [3.63, 3.8) is 0 Å². The van der Waals surface area contributed by atoms with Crippen LogP contribution in [-0.2, 0) is 0 Å². The van der Waals surface area contributed by atoms with Crippen molar-refractivity contribution in [2.45, 2.75) is 63.7 Å². The van der Waals surface area contributed by atoms with Gasteiger partial charge in [-0.15, -0.1) is 11.3 Å². The van der Waals surface area contributed by atoms with E-state index in [9.17, 15) is 14.3 Å². The van der Waals surface area contributed by atoms with E-state index in [1.165, 1.54) is 29.8 Å². The molecule has 2 fully saturated rings. The SMILES string of the molecule is Cc1c(C(=O)NC2CCN(C)CC2)sc2ncnc(Nc3ccc(F)cc3O[C@H]3CCC[C@H](O)C3)c12. The smallest absolute Gasteiger partial charge is 0.261 e. The minimum absolute atomic E-state index is 0.0855. The van der Waals surface area contributed by atoms with Gasteiger partial charge in [-0.1, -0.05) is 0 Å². The number of rotatable bonds is 6. The lowest BCUT2D eigenvalue weighted by Gasteiger charge is -2.29. The first-order chi connectivity index (χ1) is 17.4.